The van der Waals surface area contributed by atoms with E-state index in [2.05, 4.69) is 29.6 Å². The van der Waals surface area contributed by atoms with E-state index in [1.807, 2.05) is 4.90 Å². The third-order valence-corrected chi connectivity index (χ3v) is 3.80. The molecule has 0 aliphatic carbocycles. The zero-order valence-electron chi connectivity index (χ0n) is 10.4. The molecule has 2 aliphatic rings. The zero-order valence-corrected chi connectivity index (χ0v) is 11.2. The van der Waals surface area contributed by atoms with Crippen LogP contribution in [0.4, 0.5) is 0 Å². The van der Waals surface area contributed by atoms with Crippen LogP contribution >= 0.6 is 12.4 Å². The van der Waals surface area contributed by atoms with E-state index in [1.165, 1.54) is 11.1 Å². The quantitative estimate of drug-likeness (QED) is 0.840. The number of carbonyl (C=O) groups excluding carboxylic acids is 1. The average Bonchev–Trinajstić information content (AvgIpc) is 2.91. The van der Waals surface area contributed by atoms with Crippen molar-refractivity contribution in [2.75, 3.05) is 13.1 Å². The summed E-state index contributed by atoms with van der Waals surface area (Å²) in [6, 6.07) is 8.38. The number of amides is 1. The van der Waals surface area contributed by atoms with Crippen LogP contribution < -0.4 is 5.32 Å². The number of nitrogens with one attached hydrogen (secondary N) is 1. The van der Waals surface area contributed by atoms with Crippen molar-refractivity contribution in [2.24, 2.45) is 0 Å². The molecule has 4 heteroatoms. The van der Waals surface area contributed by atoms with Crippen molar-refractivity contribution in [3.05, 3.63) is 35.4 Å². The number of nitrogens with zero attached hydrogens (tertiary/aromatic N) is 1. The summed E-state index contributed by atoms with van der Waals surface area (Å²) in [5.74, 6) is 0.289. The summed E-state index contributed by atoms with van der Waals surface area (Å²) in [4.78, 5) is 14.3. The monoisotopic (exact) mass is 266 g/mol. The number of halogens is 1. The molecule has 1 amide bonds. The van der Waals surface area contributed by atoms with Gasteiger partial charge in [-0.25, -0.2) is 0 Å². The molecule has 1 fully saturated rings. The number of carbonyl (C=O) groups is 1. The minimum absolute atomic E-state index is 0. The molecule has 1 unspecified atom stereocenters. The maximum absolute atomic E-state index is 12.3. The van der Waals surface area contributed by atoms with Crippen LogP contribution in [-0.2, 0) is 17.8 Å². The van der Waals surface area contributed by atoms with Crippen molar-refractivity contribution in [2.45, 2.75) is 31.8 Å². The molecule has 3 nitrogen and oxygen atoms in total. The van der Waals surface area contributed by atoms with Gasteiger partial charge in [0.1, 0.15) is 0 Å². The lowest BCUT2D eigenvalue weighted by Crippen LogP contribution is -2.48. The predicted octanol–water partition coefficient (Wildman–Crippen LogP) is 1.75. The normalized spacial score (nSPS) is 22.2. The second-order valence-electron chi connectivity index (χ2n) is 4.94. The highest BCUT2D eigenvalue weighted by Crippen LogP contribution is 2.18. The first-order chi connectivity index (χ1) is 8.34. The highest BCUT2D eigenvalue weighted by molar-refractivity contribution is 5.85. The fraction of sp³-hybridized carbons (Fsp3) is 0.500. The number of rotatable bonds is 1. The lowest BCUT2D eigenvalue weighted by Gasteiger charge is -2.28. The summed E-state index contributed by atoms with van der Waals surface area (Å²) >= 11 is 0. The van der Waals surface area contributed by atoms with Gasteiger partial charge < -0.3 is 10.2 Å². The number of likely N-dealkylation sites (tertiary alicyclic amines) is 1. The van der Waals surface area contributed by atoms with E-state index >= 15 is 0 Å². The molecule has 0 bridgehead atoms. The van der Waals surface area contributed by atoms with E-state index in [4.69, 9.17) is 0 Å². The van der Waals surface area contributed by atoms with Crippen LogP contribution in [0.2, 0.25) is 0 Å². The third-order valence-electron chi connectivity index (χ3n) is 3.80. The van der Waals surface area contributed by atoms with Gasteiger partial charge in [-0.3, -0.25) is 4.79 Å². The van der Waals surface area contributed by atoms with Gasteiger partial charge in [0.2, 0.25) is 5.91 Å². The Bertz CT molecular complexity index is 430. The first kappa shape index (κ1) is 13.4. The molecule has 1 saturated heterocycles. The van der Waals surface area contributed by atoms with Gasteiger partial charge in [0.15, 0.2) is 0 Å². The van der Waals surface area contributed by atoms with Gasteiger partial charge in [-0.15, -0.1) is 12.4 Å². The molecule has 2 aliphatic heterocycles. The predicted molar refractivity (Wildman–Crippen MR) is 73.8 cm³/mol. The maximum atomic E-state index is 12.3. The number of hydrogen-bond donors (Lipinski definition) is 1. The molecule has 3 rings (SSSR count). The summed E-state index contributed by atoms with van der Waals surface area (Å²) in [6.45, 7) is 2.71. The molecular weight excluding hydrogens is 248 g/mol. The molecular formula is C14H19ClN2O. The molecule has 0 saturated carbocycles. The van der Waals surface area contributed by atoms with Crippen LogP contribution in [0.5, 0.6) is 0 Å². The lowest BCUT2D eigenvalue weighted by molar-refractivity contribution is -0.132. The molecule has 1 atom stereocenters. The van der Waals surface area contributed by atoms with E-state index in [1.54, 1.807) is 0 Å². The summed E-state index contributed by atoms with van der Waals surface area (Å²) in [7, 11) is 0. The SMILES string of the molecule is Cl.O=C(C1Cc2ccccc2CN1)N1CCCC1. The molecule has 1 N–H and O–H groups in total. The Morgan fingerprint density at radius 3 is 2.56 bits per heavy atom. The molecule has 18 heavy (non-hydrogen) atoms. The van der Waals surface area contributed by atoms with Crippen LogP contribution in [0.15, 0.2) is 24.3 Å². The standard InChI is InChI=1S/C14H18N2O.ClH/c17-14(16-7-3-4-8-16)13-9-11-5-1-2-6-12(11)10-15-13;/h1-2,5-6,13,15H,3-4,7-10H2;1H. The van der Waals surface area contributed by atoms with E-state index in [0.29, 0.717) is 0 Å². The van der Waals surface area contributed by atoms with E-state index < -0.39 is 0 Å². The fourth-order valence-corrected chi connectivity index (χ4v) is 2.79. The molecule has 0 radical (unpaired) electrons. The van der Waals surface area contributed by atoms with Gasteiger partial charge in [-0.2, -0.15) is 0 Å². The Kier molecular flexibility index (Phi) is 4.25. The largest absolute Gasteiger partial charge is 0.341 e. The Morgan fingerprint density at radius 1 is 1.17 bits per heavy atom. The van der Waals surface area contributed by atoms with Crippen LogP contribution in [0.1, 0.15) is 24.0 Å². The molecule has 1 aromatic carbocycles. The molecule has 0 aromatic heterocycles. The summed E-state index contributed by atoms with van der Waals surface area (Å²) in [6.07, 6.45) is 3.16. The van der Waals surface area contributed by atoms with Crippen molar-refractivity contribution < 1.29 is 4.79 Å². The average molecular weight is 267 g/mol. The van der Waals surface area contributed by atoms with Gasteiger partial charge in [-0.05, 0) is 30.4 Å². The highest BCUT2D eigenvalue weighted by Gasteiger charge is 2.28. The molecule has 2 heterocycles. The number of fused-ring (bicyclic) bond motifs is 1. The number of hydrogen-bond acceptors (Lipinski definition) is 2. The Hall–Kier alpha value is -1.06. The Labute approximate surface area is 114 Å². The van der Waals surface area contributed by atoms with Crippen LogP contribution in [0, 0.1) is 0 Å². The van der Waals surface area contributed by atoms with Crippen LogP contribution in [0.25, 0.3) is 0 Å². The van der Waals surface area contributed by atoms with Crippen molar-refractivity contribution in [3.63, 3.8) is 0 Å². The van der Waals surface area contributed by atoms with Crippen molar-refractivity contribution in [1.82, 2.24) is 10.2 Å². The summed E-state index contributed by atoms with van der Waals surface area (Å²) < 4.78 is 0. The first-order valence-corrected chi connectivity index (χ1v) is 6.43. The topological polar surface area (TPSA) is 32.3 Å². The Balaban J connectivity index is 0.00000120. The Morgan fingerprint density at radius 2 is 1.83 bits per heavy atom. The van der Waals surface area contributed by atoms with Gasteiger partial charge in [0.25, 0.3) is 0 Å². The smallest absolute Gasteiger partial charge is 0.240 e. The van der Waals surface area contributed by atoms with Crippen molar-refractivity contribution in [3.8, 4) is 0 Å². The zero-order chi connectivity index (χ0) is 11.7. The van der Waals surface area contributed by atoms with E-state index in [0.717, 1.165) is 38.9 Å². The summed E-state index contributed by atoms with van der Waals surface area (Å²) in [5.41, 5.74) is 2.65. The molecule has 0 spiro atoms. The van der Waals surface area contributed by atoms with Gasteiger partial charge in [0.05, 0.1) is 6.04 Å². The lowest BCUT2D eigenvalue weighted by atomic mass is 9.95. The van der Waals surface area contributed by atoms with E-state index in [-0.39, 0.29) is 24.4 Å². The molecule has 98 valence electrons. The van der Waals surface area contributed by atoms with Crippen molar-refractivity contribution >= 4 is 18.3 Å². The number of benzene rings is 1. The third kappa shape index (κ3) is 2.52. The first-order valence-electron chi connectivity index (χ1n) is 6.43. The maximum Gasteiger partial charge on any atom is 0.240 e. The minimum Gasteiger partial charge on any atom is -0.341 e. The van der Waals surface area contributed by atoms with Crippen LogP contribution in [0.3, 0.4) is 0 Å². The fourth-order valence-electron chi connectivity index (χ4n) is 2.79. The van der Waals surface area contributed by atoms with Gasteiger partial charge in [-0.1, -0.05) is 24.3 Å². The van der Waals surface area contributed by atoms with Crippen LogP contribution in [-0.4, -0.2) is 29.9 Å². The second-order valence-corrected chi connectivity index (χ2v) is 4.94. The molecule has 1 aromatic rings. The van der Waals surface area contributed by atoms with Crippen molar-refractivity contribution in [1.29, 1.82) is 0 Å². The van der Waals surface area contributed by atoms with Gasteiger partial charge in [0, 0.05) is 19.6 Å². The van der Waals surface area contributed by atoms with E-state index in [9.17, 15) is 4.79 Å². The van der Waals surface area contributed by atoms with Gasteiger partial charge >= 0.3 is 0 Å². The minimum atomic E-state index is -0.0111. The summed E-state index contributed by atoms with van der Waals surface area (Å²) in [5, 5.41) is 3.36. The highest BCUT2D eigenvalue weighted by atomic mass is 35.5. The second kappa shape index (κ2) is 5.72.